The zero-order valence-electron chi connectivity index (χ0n) is 14.5. The Morgan fingerprint density at radius 1 is 1.16 bits per heavy atom. The van der Waals surface area contributed by atoms with Crippen molar-refractivity contribution in [2.45, 2.75) is 27.2 Å². The molecule has 1 aromatic carbocycles. The van der Waals surface area contributed by atoms with Crippen molar-refractivity contribution in [3.63, 3.8) is 0 Å². The quantitative estimate of drug-likeness (QED) is 0.810. The Labute approximate surface area is 145 Å². The van der Waals surface area contributed by atoms with Crippen LogP contribution in [0.4, 0.5) is 4.79 Å². The molecule has 0 saturated carbocycles. The number of imide groups is 1. The zero-order valence-corrected chi connectivity index (χ0v) is 14.5. The maximum absolute atomic E-state index is 12.5. The van der Waals surface area contributed by atoms with Gasteiger partial charge in [-0.15, -0.1) is 0 Å². The lowest BCUT2D eigenvalue weighted by Gasteiger charge is -2.13. The van der Waals surface area contributed by atoms with E-state index in [1.807, 2.05) is 38.1 Å². The summed E-state index contributed by atoms with van der Waals surface area (Å²) < 4.78 is 5.07. The number of aryl methyl sites for hydroxylation is 2. The highest BCUT2D eigenvalue weighted by atomic mass is 16.5. The van der Waals surface area contributed by atoms with Crippen LogP contribution in [0.5, 0.6) is 0 Å². The average Bonchev–Trinajstić information content (AvgIpc) is 2.59. The van der Waals surface area contributed by atoms with Gasteiger partial charge in [0.15, 0.2) is 6.61 Å². The van der Waals surface area contributed by atoms with Gasteiger partial charge in [0.2, 0.25) is 0 Å². The summed E-state index contributed by atoms with van der Waals surface area (Å²) in [7, 11) is 0. The molecule has 2 N–H and O–H groups in total. The van der Waals surface area contributed by atoms with Crippen LogP contribution in [0.25, 0.3) is 10.9 Å². The number of benzene rings is 1. The van der Waals surface area contributed by atoms with E-state index in [4.69, 9.17) is 4.74 Å². The Bertz CT molecular complexity index is 817. The van der Waals surface area contributed by atoms with Crippen molar-refractivity contribution in [2.24, 2.45) is 0 Å². The molecule has 7 nitrogen and oxygen atoms in total. The number of carbonyl (C=O) groups is 3. The molecule has 0 saturated heterocycles. The summed E-state index contributed by atoms with van der Waals surface area (Å²) >= 11 is 0. The van der Waals surface area contributed by atoms with E-state index in [9.17, 15) is 14.4 Å². The Morgan fingerprint density at radius 2 is 1.88 bits per heavy atom. The number of esters is 1. The average molecular weight is 343 g/mol. The van der Waals surface area contributed by atoms with Gasteiger partial charge in [0, 0.05) is 11.9 Å². The number of fused-ring (bicyclic) bond motifs is 1. The van der Waals surface area contributed by atoms with E-state index in [-0.39, 0.29) is 0 Å². The molecule has 1 aromatic heterocycles. The van der Waals surface area contributed by atoms with Crippen molar-refractivity contribution < 1.29 is 19.1 Å². The van der Waals surface area contributed by atoms with Crippen molar-refractivity contribution in [1.29, 1.82) is 0 Å². The van der Waals surface area contributed by atoms with Gasteiger partial charge in [-0.25, -0.2) is 9.59 Å². The van der Waals surface area contributed by atoms with Crippen LogP contribution in [0.1, 0.15) is 35.5 Å². The molecule has 0 aliphatic heterocycles. The van der Waals surface area contributed by atoms with E-state index in [0.717, 1.165) is 16.5 Å². The lowest BCUT2D eigenvalue weighted by Crippen LogP contribution is -2.41. The molecule has 0 bridgehead atoms. The van der Waals surface area contributed by atoms with Gasteiger partial charge >= 0.3 is 12.0 Å². The molecule has 132 valence electrons. The molecule has 0 radical (unpaired) electrons. The van der Waals surface area contributed by atoms with Crippen molar-refractivity contribution in [3.8, 4) is 0 Å². The van der Waals surface area contributed by atoms with Crippen molar-refractivity contribution in [2.75, 3.05) is 13.2 Å². The number of rotatable bonds is 5. The highest BCUT2D eigenvalue weighted by molar-refractivity contribution is 6.00. The van der Waals surface area contributed by atoms with E-state index in [1.165, 1.54) is 0 Å². The fraction of sp³-hybridized carbons (Fsp3) is 0.333. The Morgan fingerprint density at radius 3 is 2.56 bits per heavy atom. The van der Waals surface area contributed by atoms with Crippen LogP contribution in [-0.4, -0.2) is 36.0 Å². The molecule has 0 atom stereocenters. The molecule has 25 heavy (non-hydrogen) atoms. The topological polar surface area (TPSA) is 97.4 Å². The third kappa shape index (κ3) is 4.32. The Balaban J connectivity index is 2.17. The van der Waals surface area contributed by atoms with Crippen LogP contribution < -0.4 is 10.6 Å². The first-order valence-corrected chi connectivity index (χ1v) is 8.10. The number of ether oxygens (including phenoxy) is 1. The van der Waals surface area contributed by atoms with Gasteiger partial charge in [-0.1, -0.05) is 25.1 Å². The smallest absolute Gasteiger partial charge is 0.340 e. The third-order valence-corrected chi connectivity index (χ3v) is 3.69. The summed E-state index contributed by atoms with van der Waals surface area (Å²) in [6, 6.07) is 6.91. The summed E-state index contributed by atoms with van der Waals surface area (Å²) in [5.41, 5.74) is 2.55. The normalized spacial score (nSPS) is 10.4. The molecule has 2 aromatic rings. The third-order valence-electron chi connectivity index (χ3n) is 3.69. The summed E-state index contributed by atoms with van der Waals surface area (Å²) in [6.07, 6.45) is 0.557. The molecule has 0 unspecified atom stereocenters. The first-order valence-electron chi connectivity index (χ1n) is 8.10. The van der Waals surface area contributed by atoms with Crippen LogP contribution in [0.2, 0.25) is 0 Å². The van der Waals surface area contributed by atoms with Gasteiger partial charge in [0.05, 0.1) is 16.8 Å². The predicted octanol–water partition coefficient (Wildman–Crippen LogP) is 2.11. The van der Waals surface area contributed by atoms with Crippen molar-refractivity contribution in [1.82, 2.24) is 15.6 Å². The second-order valence-electron chi connectivity index (χ2n) is 5.41. The molecule has 0 aliphatic rings. The van der Waals surface area contributed by atoms with Crippen LogP contribution in [0.3, 0.4) is 0 Å². The number of amides is 3. The van der Waals surface area contributed by atoms with E-state index < -0.39 is 24.5 Å². The first-order chi connectivity index (χ1) is 12.0. The number of carbonyl (C=O) groups excluding carboxylic acids is 3. The molecule has 0 fully saturated rings. The minimum Gasteiger partial charge on any atom is -0.452 e. The van der Waals surface area contributed by atoms with E-state index in [2.05, 4.69) is 15.6 Å². The molecule has 2 rings (SSSR count). The van der Waals surface area contributed by atoms with Gasteiger partial charge in [0.1, 0.15) is 0 Å². The number of aromatic nitrogens is 1. The fourth-order valence-corrected chi connectivity index (χ4v) is 2.54. The number of urea groups is 1. The van der Waals surface area contributed by atoms with Gasteiger partial charge in [0.25, 0.3) is 5.91 Å². The molecular weight excluding hydrogens is 322 g/mol. The van der Waals surface area contributed by atoms with Crippen LogP contribution in [0, 0.1) is 6.92 Å². The molecule has 3 amide bonds. The lowest BCUT2D eigenvalue weighted by molar-refractivity contribution is -0.123. The van der Waals surface area contributed by atoms with E-state index in [0.29, 0.717) is 24.2 Å². The fourth-order valence-electron chi connectivity index (χ4n) is 2.54. The van der Waals surface area contributed by atoms with Crippen LogP contribution in [-0.2, 0) is 16.0 Å². The predicted molar refractivity (Wildman–Crippen MR) is 93.4 cm³/mol. The van der Waals surface area contributed by atoms with Crippen molar-refractivity contribution >= 4 is 28.8 Å². The number of nitrogens with zero attached hydrogens (tertiary/aromatic N) is 1. The van der Waals surface area contributed by atoms with E-state index >= 15 is 0 Å². The minimum atomic E-state index is -0.691. The molecular formula is C18H21N3O4. The summed E-state index contributed by atoms with van der Waals surface area (Å²) in [5, 5.41) is 5.36. The molecule has 0 spiro atoms. The van der Waals surface area contributed by atoms with Gasteiger partial charge < -0.3 is 10.1 Å². The molecule has 7 heteroatoms. The first kappa shape index (κ1) is 18.4. The highest BCUT2D eigenvalue weighted by Gasteiger charge is 2.20. The minimum absolute atomic E-state index is 0.368. The van der Waals surface area contributed by atoms with Gasteiger partial charge in [-0.2, -0.15) is 0 Å². The van der Waals surface area contributed by atoms with Crippen LogP contribution in [0.15, 0.2) is 24.3 Å². The number of hydrogen-bond acceptors (Lipinski definition) is 5. The summed E-state index contributed by atoms with van der Waals surface area (Å²) in [6.45, 7) is 5.31. The number of para-hydroxylation sites is 1. The Hall–Kier alpha value is -2.96. The van der Waals surface area contributed by atoms with Crippen LogP contribution >= 0.6 is 0 Å². The second kappa shape index (κ2) is 8.23. The standard InChI is InChI=1S/C18H21N3O4/c1-4-13-16(11(3)12-8-6-7-9-14(12)20-13)17(23)25-10-15(22)21-18(24)19-5-2/h6-9H,4-5,10H2,1-3H3,(H2,19,21,22,24). The largest absolute Gasteiger partial charge is 0.452 e. The summed E-state index contributed by atoms with van der Waals surface area (Å²) in [5.74, 6) is -1.32. The van der Waals surface area contributed by atoms with Gasteiger partial charge in [-0.05, 0) is 31.9 Å². The maximum atomic E-state index is 12.5. The summed E-state index contributed by atoms with van der Waals surface area (Å²) in [4.78, 5) is 39.9. The second-order valence-corrected chi connectivity index (χ2v) is 5.41. The molecule has 1 heterocycles. The van der Waals surface area contributed by atoms with Gasteiger partial charge in [-0.3, -0.25) is 15.1 Å². The highest BCUT2D eigenvalue weighted by Crippen LogP contribution is 2.23. The van der Waals surface area contributed by atoms with E-state index in [1.54, 1.807) is 6.92 Å². The molecule has 0 aliphatic carbocycles. The monoisotopic (exact) mass is 343 g/mol. The number of nitrogens with one attached hydrogen (secondary N) is 2. The Kier molecular flexibility index (Phi) is 6.05. The van der Waals surface area contributed by atoms with Crippen molar-refractivity contribution in [3.05, 3.63) is 41.1 Å². The SMILES string of the molecule is CCNC(=O)NC(=O)COC(=O)c1c(CC)nc2ccccc2c1C. The maximum Gasteiger partial charge on any atom is 0.340 e. The number of pyridine rings is 1. The number of hydrogen-bond donors (Lipinski definition) is 2. The zero-order chi connectivity index (χ0) is 18.4. The lowest BCUT2D eigenvalue weighted by atomic mass is 10.0.